The van der Waals surface area contributed by atoms with Crippen molar-refractivity contribution in [3.05, 3.63) is 51.8 Å². The van der Waals surface area contributed by atoms with Crippen LogP contribution in [0.4, 0.5) is 5.69 Å². The number of amides is 1. The van der Waals surface area contributed by atoms with Crippen LogP contribution in [0.1, 0.15) is 25.3 Å². The first-order valence-corrected chi connectivity index (χ1v) is 8.99. The number of nitro groups is 1. The number of rotatable bonds is 7. The second-order valence-electron chi connectivity index (χ2n) is 6.54. The van der Waals surface area contributed by atoms with Gasteiger partial charge in [0.1, 0.15) is 12.8 Å². The summed E-state index contributed by atoms with van der Waals surface area (Å²) in [7, 11) is 0. The lowest BCUT2D eigenvalue weighted by Gasteiger charge is -2.35. The van der Waals surface area contributed by atoms with Crippen molar-refractivity contribution in [3.63, 3.8) is 0 Å². The van der Waals surface area contributed by atoms with Crippen molar-refractivity contribution in [2.24, 2.45) is 0 Å². The average molecular weight is 399 g/mol. The lowest BCUT2D eigenvalue weighted by atomic mass is 10.0. The van der Waals surface area contributed by atoms with Crippen molar-refractivity contribution in [2.45, 2.75) is 32.4 Å². The maximum atomic E-state index is 12.8. The van der Waals surface area contributed by atoms with Crippen LogP contribution in [0.2, 0.25) is 0 Å². The molecule has 2 aliphatic heterocycles. The number of nitro benzene ring substituents is 1. The molecule has 3 heterocycles. The number of hydrogen-bond donors (Lipinski definition) is 0. The van der Waals surface area contributed by atoms with Crippen molar-refractivity contribution in [1.82, 2.24) is 19.9 Å². The minimum atomic E-state index is -0.674. The number of benzene rings is 1. The zero-order valence-electron chi connectivity index (χ0n) is 15.5. The lowest BCUT2D eigenvalue weighted by molar-refractivity contribution is -0.384. The molecule has 1 fully saturated rings. The van der Waals surface area contributed by atoms with E-state index in [1.807, 2.05) is 6.92 Å². The summed E-state index contributed by atoms with van der Waals surface area (Å²) in [6.07, 6.45) is 2.23. The van der Waals surface area contributed by atoms with Crippen molar-refractivity contribution in [1.29, 1.82) is 0 Å². The fraction of sp³-hybridized carbons (Fsp3) is 0.333. The summed E-state index contributed by atoms with van der Waals surface area (Å²) in [5.41, 5.74) is 1.16. The van der Waals surface area contributed by atoms with Gasteiger partial charge in [-0.05, 0) is 24.6 Å². The molecule has 4 rings (SSSR count). The molecule has 2 aromatic rings. The molecule has 0 aliphatic carbocycles. The largest absolute Gasteiger partial charge is 0.477 e. The highest BCUT2D eigenvalue weighted by atomic mass is 16.6. The summed E-state index contributed by atoms with van der Waals surface area (Å²) in [6.45, 7) is 2.12. The molecule has 11 nitrogen and oxygen atoms in total. The quantitative estimate of drug-likeness (QED) is 0.296. The molecule has 0 unspecified atom stereocenters. The minimum Gasteiger partial charge on any atom is -0.477 e. The number of carbonyl (C=O) groups is 2. The average Bonchev–Trinajstić information content (AvgIpc) is 3.28. The molecular weight excluding hydrogens is 382 g/mol. The number of fused-ring (bicyclic) bond motifs is 1. The summed E-state index contributed by atoms with van der Waals surface area (Å²) in [4.78, 5) is 36.5. The van der Waals surface area contributed by atoms with Crippen LogP contribution in [0.25, 0.3) is 5.70 Å². The van der Waals surface area contributed by atoms with E-state index < -0.39 is 10.9 Å². The molecular formula is C18H17N5O6. The van der Waals surface area contributed by atoms with Gasteiger partial charge in [-0.1, -0.05) is 5.21 Å². The number of non-ortho nitro benzene ring substituents is 1. The predicted octanol–water partition coefficient (Wildman–Crippen LogP) is 1.50. The Morgan fingerprint density at radius 3 is 2.72 bits per heavy atom. The summed E-state index contributed by atoms with van der Waals surface area (Å²) in [5.74, 6) is -0.463. The zero-order valence-corrected chi connectivity index (χ0v) is 15.5. The Kier molecular flexibility index (Phi) is 4.71. The number of nitrogens with zero attached hydrogens (tertiary/aromatic N) is 5. The molecule has 0 radical (unpaired) electrons. The highest BCUT2D eigenvalue weighted by Crippen LogP contribution is 2.41. The van der Waals surface area contributed by atoms with Gasteiger partial charge in [-0.2, -0.15) is 4.68 Å². The second-order valence-corrected chi connectivity index (χ2v) is 6.54. The number of aromatic nitrogens is 3. The van der Waals surface area contributed by atoms with Crippen molar-refractivity contribution >= 4 is 23.3 Å². The van der Waals surface area contributed by atoms with Crippen LogP contribution >= 0.6 is 0 Å². The third-order valence-electron chi connectivity index (χ3n) is 4.76. The normalized spacial score (nSPS) is 17.8. The van der Waals surface area contributed by atoms with E-state index in [0.29, 0.717) is 36.6 Å². The summed E-state index contributed by atoms with van der Waals surface area (Å²) in [6, 6.07) is 5.58. The summed E-state index contributed by atoms with van der Waals surface area (Å²) < 4.78 is 12.3. The van der Waals surface area contributed by atoms with Crippen LogP contribution in [0, 0.1) is 10.1 Å². The monoisotopic (exact) mass is 399 g/mol. The van der Waals surface area contributed by atoms with E-state index in [2.05, 4.69) is 10.3 Å². The maximum absolute atomic E-state index is 12.8. The van der Waals surface area contributed by atoms with Crippen LogP contribution in [-0.4, -0.2) is 49.3 Å². The lowest BCUT2D eigenvalue weighted by Crippen LogP contribution is -2.49. The molecule has 1 aromatic carbocycles. The Bertz CT molecular complexity index is 1010. The topological polar surface area (TPSA) is 130 Å². The van der Waals surface area contributed by atoms with Crippen LogP contribution in [0.5, 0.6) is 5.88 Å². The molecule has 150 valence electrons. The van der Waals surface area contributed by atoms with Crippen LogP contribution in [0.3, 0.4) is 0 Å². The molecule has 0 bridgehead atoms. The molecule has 1 saturated heterocycles. The first-order valence-electron chi connectivity index (χ1n) is 8.99. The first-order chi connectivity index (χ1) is 14.0. The molecule has 11 heteroatoms. The van der Waals surface area contributed by atoms with Gasteiger partial charge in [-0.25, -0.2) is 4.79 Å². The van der Waals surface area contributed by atoms with E-state index in [9.17, 15) is 19.7 Å². The maximum Gasteiger partial charge on any atom is 0.357 e. The molecule has 1 atom stereocenters. The Morgan fingerprint density at radius 1 is 1.31 bits per heavy atom. The smallest absolute Gasteiger partial charge is 0.357 e. The molecule has 1 amide bonds. The fourth-order valence-electron chi connectivity index (χ4n) is 3.41. The number of β-lactam (4-membered cyclic amide) rings is 1. The number of ether oxygens (including phenoxy) is 2. The van der Waals surface area contributed by atoms with E-state index in [1.54, 1.807) is 0 Å². The Morgan fingerprint density at radius 2 is 2.07 bits per heavy atom. The van der Waals surface area contributed by atoms with Crippen molar-refractivity contribution in [2.75, 3.05) is 6.61 Å². The Labute approximate surface area is 164 Å². The molecule has 1 aromatic heterocycles. The van der Waals surface area contributed by atoms with E-state index >= 15 is 0 Å². The van der Waals surface area contributed by atoms with Gasteiger partial charge in [0.15, 0.2) is 5.70 Å². The van der Waals surface area contributed by atoms with Gasteiger partial charge in [0, 0.05) is 25.0 Å². The minimum absolute atomic E-state index is 0.0514. The number of esters is 1. The predicted molar refractivity (Wildman–Crippen MR) is 97.2 cm³/mol. The number of hydrogen-bond acceptors (Lipinski definition) is 8. The Balaban J connectivity index is 1.57. The molecule has 2 aliphatic rings. The highest BCUT2D eigenvalue weighted by Gasteiger charge is 2.49. The van der Waals surface area contributed by atoms with Gasteiger partial charge in [-0.3, -0.25) is 14.9 Å². The van der Waals surface area contributed by atoms with Crippen molar-refractivity contribution < 1.29 is 24.0 Å². The van der Waals surface area contributed by atoms with Crippen LogP contribution in [-0.2, 0) is 20.9 Å². The third kappa shape index (κ3) is 3.30. The van der Waals surface area contributed by atoms with E-state index in [-0.39, 0.29) is 29.9 Å². The van der Waals surface area contributed by atoms with E-state index in [0.717, 1.165) is 0 Å². The SMILES string of the molecule is CCOc1cnnn1C1=C(C(=O)OCc2ccc([N+](=O)[O-])cc2)N2C(=O)C[C@H]2C1. The van der Waals surface area contributed by atoms with E-state index in [1.165, 1.54) is 40.0 Å². The van der Waals surface area contributed by atoms with E-state index in [4.69, 9.17) is 9.47 Å². The molecule has 0 N–H and O–H groups in total. The fourth-order valence-corrected chi connectivity index (χ4v) is 3.41. The van der Waals surface area contributed by atoms with Crippen molar-refractivity contribution in [3.8, 4) is 5.88 Å². The zero-order chi connectivity index (χ0) is 20.5. The number of carbonyl (C=O) groups excluding carboxylic acids is 2. The summed E-state index contributed by atoms with van der Waals surface area (Å²) >= 11 is 0. The second kappa shape index (κ2) is 7.34. The van der Waals surface area contributed by atoms with Crippen LogP contribution < -0.4 is 4.74 Å². The molecule has 29 heavy (non-hydrogen) atoms. The Hall–Kier alpha value is -3.76. The molecule has 0 saturated carbocycles. The molecule has 0 spiro atoms. The van der Waals surface area contributed by atoms with Gasteiger partial charge in [-0.15, -0.1) is 5.10 Å². The van der Waals surface area contributed by atoms with Gasteiger partial charge in [0.2, 0.25) is 11.8 Å². The standard InChI is InChI=1S/C18H17N5O6/c1-2-28-16-9-19-20-22(16)14-7-13-8-15(24)21(13)17(14)18(25)29-10-11-3-5-12(6-4-11)23(26)27/h3-6,9,13H,2,7-8,10H2,1H3/t13-/m1/s1. The highest BCUT2D eigenvalue weighted by molar-refractivity contribution is 6.03. The van der Waals surface area contributed by atoms with Gasteiger partial charge in [0.05, 0.1) is 23.3 Å². The van der Waals surface area contributed by atoms with Gasteiger partial charge in [0.25, 0.3) is 5.69 Å². The first kappa shape index (κ1) is 18.6. The summed E-state index contributed by atoms with van der Waals surface area (Å²) in [5, 5.41) is 18.5. The van der Waals surface area contributed by atoms with Gasteiger partial charge >= 0.3 is 5.97 Å². The van der Waals surface area contributed by atoms with Gasteiger partial charge < -0.3 is 14.4 Å². The third-order valence-corrected chi connectivity index (χ3v) is 4.76. The van der Waals surface area contributed by atoms with Crippen LogP contribution in [0.15, 0.2) is 36.2 Å².